The zero-order chi connectivity index (χ0) is 22.4. The second-order valence-corrected chi connectivity index (χ2v) is 7.19. The second kappa shape index (κ2) is 9.80. The van der Waals surface area contributed by atoms with Crippen molar-refractivity contribution in [3.63, 3.8) is 0 Å². The first kappa shape index (κ1) is 21.9. The van der Waals surface area contributed by atoms with Crippen LogP contribution in [0.25, 0.3) is 0 Å². The number of hydrogen-bond acceptors (Lipinski definition) is 5. The van der Waals surface area contributed by atoms with Crippen LogP contribution in [-0.4, -0.2) is 16.7 Å². The number of para-hydroxylation sites is 1. The highest BCUT2D eigenvalue weighted by molar-refractivity contribution is 5.98. The van der Waals surface area contributed by atoms with Crippen molar-refractivity contribution in [2.45, 2.75) is 33.3 Å². The molecule has 0 saturated carbocycles. The molecule has 0 atom stereocenters. The first-order valence-corrected chi connectivity index (χ1v) is 10.1. The maximum Gasteiger partial charge on any atom is 0.163 e. The number of aromatic hydroxyl groups is 1. The minimum atomic E-state index is -0.177. The molecule has 160 valence electrons. The minimum Gasteiger partial charge on any atom is -0.507 e. The highest BCUT2D eigenvalue weighted by Gasteiger charge is 2.16. The van der Waals surface area contributed by atoms with Crippen molar-refractivity contribution < 1.29 is 19.4 Å². The van der Waals surface area contributed by atoms with E-state index in [1.54, 1.807) is 30.3 Å². The van der Waals surface area contributed by atoms with Crippen molar-refractivity contribution in [1.82, 2.24) is 0 Å². The lowest BCUT2D eigenvalue weighted by Gasteiger charge is -2.15. The first-order chi connectivity index (χ1) is 14.9. The lowest BCUT2D eigenvalue weighted by Crippen LogP contribution is -2.12. The van der Waals surface area contributed by atoms with Crippen molar-refractivity contribution in [1.29, 1.82) is 5.41 Å². The van der Waals surface area contributed by atoms with E-state index >= 15 is 0 Å². The van der Waals surface area contributed by atoms with Crippen LogP contribution in [0.5, 0.6) is 23.0 Å². The standard InChI is InChI=1S/C25H26N2O4/c1-3-6-20-22(14-13-19(16(2)28)24(20)29)30-15-17-9-11-18(12-10-17)31-23-8-5-4-7-21(23)25(26)27/h4-5,7-14,29H,3,6,15H2,1-2H3,(H3,26,27). The summed E-state index contributed by atoms with van der Waals surface area (Å²) in [7, 11) is 0. The number of nitrogens with one attached hydrogen (secondary N) is 1. The van der Waals surface area contributed by atoms with Crippen LogP contribution in [0, 0.1) is 5.41 Å². The molecule has 3 aromatic carbocycles. The lowest BCUT2D eigenvalue weighted by molar-refractivity contribution is 0.101. The smallest absolute Gasteiger partial charge is 0.163 e. The number of nitrogens with two attached hydrogens (primary N) is 1. The van der Waals surface area contributed by atoms with Crippen molar-refractivity contribution in [3.05, 3.63) is 82.9 Å². The molecular formula is C25H26N2O4. The van der Waals surface area contributed by atoms with Gasteiger partial charge in [-0.05, 0) is 55.3 Å². The van der Waals surface area contributed by atoms with Gasteiger partial charge in [-0.3, -0.25) is 10.2 Å². The number of phenols is 1. The van der Waals surface area contributed by atoms with E-state index in [9.17, 15) is 9.90 Å². The topological polar surface area (TPSA) is 106 Å². The number of hydrogen-bond donors (Lipinski definition) is 3. The van der Waals surface area contributed by atoms with E-state index in [-0.39, 0.29) is 17.4 Å². The quantitative estimate of drug-likeness (QED) is 0.251. The average molecular weight is 418 g/mol. The Morgan fingerprint density at radius 2 is 1.71 bits per heavy atom. The first-order valence-electron chi connectivity index (χ1n) is 10.1. The minimum absolute atomic E-state index is 0.000246. The van der Waals surface area contributed by atoms with Gasteiger partial charge >= 0.3 is 0 Å². The van der Waals surface area contributed by atoms with Gasteiger partial charge in [-0.25, -0.2) is 0 Å². The molecule has 0 unspecified atom stereocenters. The average Bonchev–Trinajstić information content (AvgIpc) is 2.75. The molecule has 0 saturated heterocycles. The summed E-state index contributed by atoms with van der Waals surface area (Å²) in [6, 6.07) is 17.9. The van der Waals surface area contributed by atoms with Gasteiger partial charge in [0.2, 0.25) is 0 Å². The molecule has 0 bridgehead atoms. The van der Waals surface area contributed by atoms with Crippen molar-refractivity contribution in [2.24, 2.45) is 5.73 Å². The Kier molecular flexibility index (Phi) is 6.92. The number of benzene rings is 3. The van der Waals surface area contributed by atoms with Crippen LogP contribution in [0.4, 0.5) is 0 Å². The zero-order valence-electron chi connectivity index (χ0n) is 17.6. The number of ether oxygens (including phenoxy) is 2. The van der Waals surface area contributed by atoms with E-state index in [1.165, 1.54) is 6.92 Å². The third-order valence-corrected chi connectivity index (χ3v) is 4.84. The highest BCUT2D eigenvalue weighted by Crippen LogP contribution is 2.33. The summed E-state index contributed by atoms with van der Waals surface area (Å²) in [4.78, 5) is 11.7. The van der Waals surface area contributed by atoms with Gasteiger partial charge in [0.25, 0.3) is 0 Å². The number of Topliss-reactive ketones (excluding diaryl/α,β-unsaturated/α-hetero) is 1. The van der Waals surface area contributed by atoms with Crippen LogP contribution in [-0.2, 0) is 13.0 Å². The fourth-order valence-electron chi connectivity index (χ4n) is 3.25. The maximum atomic E-state index is 11.7. The molecule has 6 heteroatoms. The molecule has 0 aliphatic rings. The van der Waals surface area contributed by atoms with Crippen LogP contribution < -0.4 is 15.2 Å². The third kappa shape index (κ3) is 5.22. The number of nitrogen functional groups attached to an aromatic ring is 1. The molecule has 0 spiro atoms. The summed E-state index contributed by atoms with van der Waals surface area (Å²) < 4.78 is 11.8. The number of carbonyl (C=O) groups is 1. The van der Waals surface area contributed by atoms with E-state index in [1.807, 2.05) is 37.3 Å². The van der Waals surface area contributed by atoms with Gasteiger partial charge < -0.3 is 20.3 Å². The number of carbonyl (C=O) groups excluding carboxylic acids is 1. The van der Waals surface area contributed by atoms with Gasteiger partial charge in [-0.1, -0.05) is 37.6 Å². The molecule has 31 heavy (non-hydrogen) atoms. The second-order valence-electron chi connectivity index (χ2n) is 7.19. The third-order valence-electron chi connectivity index (χ3n) is 4.84. The number of phenolic OH excluding ortho intramolecular Hbond substituents is 1. The summed E-state index contributed by atoms with van der Waals surface area (Å²) in [5.41, 5.74) is 8.02. The molecule has 6 nitrogen and oxygen atoms in total. The monoisotopic (exact) mass is 418 g/mol. The predicted molar refractivity (Wildman–Crippen MR) is 120 cm³/mol. The summed E-state index contributed by atoms with van der Waals surface area (Å²) >= 11 is 0. The molecule has 0 amide bonds. The molecule has 0 aliphatic heterocycles. The van der Waals surface area contributed by atoms with Crippen molar-refractivity contribution >= 4 is 11.6 Å². The Labute approximate surface area is 181 Å². The molecular weight excluding hydrogens is 392 g/mol. The molecule has 3 aromatic rings. The summed E-state index contributed by atoms with van der Waals surface area (Å²) in [5, 5.41) is 18.1. The maximum absolute atomic E-state index is 11.7. The van der Waals surface area contributed by atoms with Crippen LogP contribution in [0.15, 0.2) is 60.7 Å². The molecule has 0 aromatic heterocycles. The largest absolute Gasteiger partial charge is 0.507 e. The Morgan fingerprint density at radius 3 is 2.35 bits per heavy atom. The Balaban J connectivity index is 1.72. The SMILES string of the molecule is CCCc1c(OCc2ccc(Oc3ccccc3C(=N)N)cc2)ccc(C(C)=O)c1O. The molecule has 0 fully saturated rings. The van der Waals surface area contributed by atoms with Crippen LogP contribution >= 0.6 is 0 Å². The molecule has 0 aliphatic carbocycles. The van der Waals surface area contributed by atoms with Gasteiger partial charge in [-0.2, -0.15) is 0 Å². The predicted octanol–water partition coefficient (Wildman–Crippen LogP) is 5.20. The van der Waals surface area contributed by atoms with Gasteiger partial charge in [-0.15, -0.1) is 0 Å². The summed E-state index contributed by atoms with van der Waals surface area (Å²) in [6.45, 7) is 3.75. The van der Waals surface area contributed by atoms with Gasteiger partial charge in [0.15, 0.2) is 5.78 Å². The molecule has 3 rings (SSSR count). The van der Waals surface area contributed by atoms with E-state index in [4.69, 9.17) is 20.6 Å². The van der Waals surface area contributed by atoms with E-state index in [0.717, 1.165) is 12.0 Å². The fourth-order valence-corrected chi connectivity index (χ4v) is 3.25. The molecule has 4 N–H and O–H groups in total. The van der Waals surface area contributed by atoms with E-state index < -0.39 is 0 Å². The summed E-state index contributed by atoms with van der Waals surface area (Å²) in [6.07, 6.45) is 1.43. The fraction of sp³-hybridized carbons (Fsp3) is 0.200. The lowest BCUT2D eigenvalue weighted by atomic mass is 10.0. The highest BCUT2D eigenvalue weighted by atomic mass is 16.5. The van der Waals surface area contributed by atoms with Crippen LogP contribution in [0.1, 0.15) is 47.3 Å². The van der Waals surface area contributed by atoms with Gasteiger partial charge in [0, 0.05) is 5.56 Å². The Hall–Kier alpha value is -3.80. The molecule has 0 heterocycles. The van der Waals surface area contributed by atoms with Crippen LogP contribution in [0.2, 0.25) is 0 Å². The number of rotatable bonds is 9. The van der Waals surface area contributed by atoms with Crippen molar-refractivity contribution in [2.75, 3.05) is 0 Å². The Morgan fingerprint density at radius 1 is 1.00 bits per heavy atom. The number of ketones is 1. The van der Waals surface area contributed by atoms with E-state index in [2.05, 4.69) is 0 Å². The normalized spacial score (nSPS) is 10.5. The Bertz CT molecular complexity index is 1090. The van der Waals surface area contributed by atoms with Crippen molar-refractivity contribution in [3.8, 4) is 23.0 Å². The zero-order valence-corrected chi connectivity index (χ0v) is 17.6. The molecule has 0 radical (unpaired) electrons. The van der Waals surface area contributed by atoms with Gasteiger partial charge in [0.05, 0.1) is 11.1 Å². The van der Waals surface area contributed by atoms with Crippen LogP contribution in [0.3, 0.4) is 0 Å². The summed E-state index contributed by atoms with van der Waals surface area (Å²) in [5.74, 6) is 1.47. The van der Waals surface area contributed by atoms with E-state index in [0.29, 0.717) is 47.0 Å². The number of amidine groups is 1. The van der Waals surface area contributed by atoms with Gasteiger partial charge in [0.1, 0.15) is 35.4 Å².